The average molecular weight is 311 g/mol. The third kappa shape index (κ3) is 4.28. The lowest BCUT2D eigenvalue weighted by Gasteiger charge is -2.19. The van der Waals surface area contributed by atoms with E-state index in [-0.39, 0.29) is 24.7 Å². The van der Waals surface area contributed by atoms with Crippen molar-refractivity contribution in [1.29, 1.82) is 5.26 Å². The van der Waals surface area contributed by atoms with Crippen LogP contribution in [-0.2, 0) is 4.79 Å². The topological polar surface area (TPSA) is 96.5 Å². The molecule has 1 amide bonds. The molecule has 2 aromatic carbocycles. The van der Waals surface area contributed by atoms with Gasteiger partial charge in [0.2, 0.25) is 0 Å². The number of nitro benzene ring substituents is 1. The number of anilines is 1. The fourth-order valence-corrected chi connectivity index (χ4v) is 1.89. The van der Waals surface area contributed by atoms with Crippen molar-refractivity contribution in [1.82, 2.24) is 0 Å². The first-order valence-electron chi connectivity index (χ1n) is 6.71. The fourth-order valence-electron chi connectivity index (χ4n) is 1.89. The maximum Gasteiger partial charge on any atom is 0.269 e. The van der Waals surface area contributed by atoms with Crippen LogP contribution in [-0.4, -0.2) is 24.0 Å². The largest absolute Gasteiger partial charge is 0.484 e. The van der Waals surface area contributed by atoms with Crippen molar-refractivity contribution in [3.05, 3.63) is 64.7 Å². The number of carbonyl (C=O) groups excluding carboxylic acids is 1. The molecule has 2 rings (SSSR count). The van der Waals surface area contributed by atoms with Crippen LogP contribution in [0.1, 0.15) is 0 Å². The van der Waals surface area contributed by atoms with Crippen LogP contribution in [0.2, 0.25) is 0 Å². The van der Waals surface area contributed by atoms with E-state index in [0.717, 1.165) is 0 Å². The van der Waals surface area contributed by atoms with Crippen molar-refractivity contribution in [3.8, 4) is 11.8 Å². The number of para-hydroxylation sites is 1. The van der Waals surface area contributed by atoms with Crippen LogP contribution >= 0.6 is 0 Å². The van der Waals surface area contributed by atoms with Gasteiger partial charge in [0.25, 0.3) is 11.6 Å². The van der Waals surface area contributed by atoms with Gasteiger partial charge in [0.1, 0.15) is 12.3 Å². The summed E-state index contributed by atoms with van der Waals surface area (Å²) in [7, 11) is 0. The first kappa shape index (κ1) is 16.0. The summed E-state index contributed by atoms with van der Waals surface area (Å²) in [5.41, 5.74) is 0.547. The minimum atomic E-state index is -0.515. The van der Waals surface area contributed by atoms with Crippen LogP contribution in [0.3, 0.4) is 0 Å². The van der Waals surface area contributed by atoms with Gasteiger partial charge in [-0.25, -0.2) is 0 Å². The van der Waals surface area contributed by atoms with Crippen LogP contribution in [0.4, 0.5) is 11.4 Å². The number of amides is 1. The molecule has 0 unspecified atom stereocenters. The zero-order valence-corrected chi connectivity index (χ0v) is 12.1. The number of rotatable bonds is 6. The first-order valence-corrected chi connectivity index (χ1v) is 6.71. The predicted molar refractivity (Wildman–Crippen MR) is 83.0 cm³/mol. The average Bonchev–Trinajstić information content (AvgIpc) is 2.58. The Labute approximate surface area is 132 Å². The van der Waals surface area contributed by atoms with Crippen LogP contribution in [0.15, 0.2) is 54.6 Å². The van der Waals surface area contributed by atoms with Gasteiger partial charge >= 0.3 is 0 Å². The van der Waals surface area contributed by atoms with E-state index in [0.29, 0.717) is 11.4 Å². The standard InChI is InChI=1S/C16H13N3O4/c17-10-11-18(13-4-2-1-3-5-13)16(20)12-23-15-8-6-14(7-9-15)19(21)22/h1-9H,11-12H2. The number of nitriles is 1. The highest BCUT2D eigenvalue weighted by Gasteiger charge is 2.16. The summed E-state index contributed by atoms with van der Waals surface area (Å²) in [4.78, 5) is 23.6. The first-order chi connectivity index (χ1) is 11.1. The molecule has 0 saturated heterocycles. The van der Waals surface area contributed by atoms with Crippen molar-refractivity contribution >= 4 is 17.3 Å². The molecular weight excluding hydrogens is 298 g/mol. The zero-order chi connectivity index (χ0) is 16.7. The van der Waals surface area contributed by atoms with E-state index < -0.39 is 4.92 Å². The highest BCUT2D eigenvalue weighted by Crippen LogP contribution is 2.18. The molecule has 0 saturated carbocycles. The third-order valence-corrected chi connectivity index (χ3v) is 3.01. The zero-order valence-electron chi connectivity index (χ0n) is 12.1. The number of nitrogens with zero attached hydrogens (tertiary/aromatic N) is 3. The second kappa shape index (κ2) is 7.56. The highest BCUT2D eigenvalue weighted by atomic mass is 16.6. The Kier molecular flexibility index (Phi) is 5.25. The number of non-ortho nitro benzene ring substituents is 1. The second-order valence-corrected chi connectivity index (χ2v) is 4.51. The Balaban J connectivity index is 2.02. The van der Waals surface area contributed by atoms with E-state index >= 15 is 0 Å². The highest BCUT2D eigenvalue weighted by molar-refractivity contribution is 5.94. The normalized spacial score (nSPS) is 9.70. The Morgan fingerprint density at radius 2 is 1.83 bits per heavy atom. The molecule has 0 aliphatic carbocycles. The molecule has 0 fully saturated rings. The maximum atomic E-state index is 12.2. The smallest absolute Gasteiger partial charge is 0.269 e. The molecule has 2 aromatic rings. The van der Waals surface area contributed by atoms with E-state index in [4.69, 9.17) is 10.00 Å². The van der Waals surface area contributed by atoms with E-state index in [1.54, 1.807) is 24.3 Å². The Morgan fingerprint density at radius 1 is 1.17 bits per heavy atom. The van der Waals surface area contributed by atoms with E-state index in [2.05, 4.69) is 0 Å². The third-order valence-electron chi connectivity index (χ3n) is 3.01. The molecule has 7 heteroatoms. The molecule has 0 spiro atoms. The van der Waals surface area contributed by atoms with Crippen LogP contribution in [0, 0.1) is 21.4 Å². The summed E-state index contributed by atoms with van der Waals surface area (Å²) in [6, 6.07) is 16.2. The minimum Gasteiger partial charge on any atom is -0.484 e. The molecule has 7 nitrogen and oxygen atoms in total. The number of ether oxygens (including phenoxy) is 1. The second-order valence-electron chi connectivity index (χ2n) is 4.51. The number of carbonyl (C=O) groups is 1. The maximum absolute atomic E-state index is 12.2. The molecule has 0 atom stereocenters. The van der Waals surface area contributed by atoms with E-state index in [1.807, 2.05) is 12.1 Å². The summed E-state index contributed by atoms with van der Waals surface area (Å²) in [5.74, 6) is -0.0370. The van der Waals surface area contributed by atoms with E-state index in [1.165, 1.54) is 29.2 Å². The molecule has 0 heterocycles. The monoisotopic (exact) mass is 311 g/mol. The lowest BCUT2D eigenvalue weighted by atomic mass is 10.3. The molecule has 116 valence electrons. The lowest BCUT2D eigenvalue weighted by Crippen LogP contribution is -2.35. The lowest BCUT2D eigenvalue weighted by molar-refractivity contribution is -0.384. The van der Waals surface area contributed by atoms with Crippen molar-refractivity contribution in [2.24, 2.45) is 0 Å². The number of hydrogen-bond donors (Lipinski definition) is 0. The van der Waals surface area contributed by atoms with Crippen molar-refractivity contribution in [2.45, 2.75) is 0 Å². The molecule has 0 N–H and O–H groups in total. The summed E-state index contributed by atoms with van der Waals surface area (Å²) in [5, 5.41) is 19.4. The van der Waals surface area contributed by atoms with E-state index in [9.17, 15) is 14.9 Å². The Bertz CT molecular complexity index is 723. The number of nitro groups is 1. The fraction of sp³-hybridized carbons (Fsp3) is 0.125. The van der Waals surface area contributed by atoms with Crippen LogP contribution < -0.4 is 9.64 Å². The van der Waals surface area contributed by atoms with Crippen molar-refractivity contribution in [2.75, 3.05) is 18.1 Å². The summed E-state index contributed by atoms with van der Waals surface area (Å²) in [6.45, 7) is -0.360. The minimum absolute atomic E-state index is 0.0564. The summed E-state index contributed by atoms with van der Waals surface area (Å²) < 4.78 is 5.33. The Hall–Kier alpha value is -3.40. The molecule has 23 heavy (non-hydrogen) atoms. The molecule has 0 aromatic heterocycles. The van der Waals surface area contributed by atoms with Crippen molar-refractivity contribution < 1.29 is 14.5 Å². The van der Waals surface area contributed by atoms with Gasteiger partial charge in [-0.05, 0) is 24.3 Å². The molecule has 0 aliphatic rings. The summed E-state index contributed by atoms with van der Waals surface area (Å²) in [6.07, 6.45) is 0. The van der Waals surface area contributed by atoms with Gasteiger partial charge in [-0.3, -0.25) is 19.8 Å². The van der Waals surface area contributed by atoms with Crippen molar-refractivity contribution in [3.63, 3.8) is 0 Å². The van der Waals surface area contributed by atoms with Gasteiger partial charge in [-0.1, -0.05) is 18.2 Å². The van der Waals surface area contributed by atoms with Gasteiger partial charge in [0.15, 0.2) is 6.61 Å². The Morgan fingerprint density at radius 3 is 2.39 bits per heavy atom. The number of hydrogen-bond acceptors (Lipinski definition) is 5. The van der Waals surface area contributed by atoms with Crippen LogP contribution in [0.25, 0.3) is 0 Å². The van der Waals surface area contributed by atoms with Gasteiger partial charge in [-0.15, -0.1) is 0 Å². The van der Waals surface area contributed by atoms with Crippen LogP contribution in [0.5, 0.6) is 5.75 Å². The van der Waals surface area contributed by atoms with Gasteiger partial charge in [0, 0.05) is 17.8 Å². The van der Waals surface area contributed by atoms with Gasteiger partial charge in [0.05, 0.1) is 11.0 Å². The van der Waals surface area contributed by atoms with Gasteiger partial charge < -0.3 is 4.74 Å². The predicted octanol–water partition coefficient (Wildman–Crippen LogP) is 2.53. The molecule has 0 bridgehead atoms. The molecule has 0 aliphatic heterocycles. The molecule has 0 radical (unpaired) electrons. The van der Waals surface area contributed by atoms with Gasteiger partial charge in [-0.2, -0.15) is 5.26 Å². The summed E-state index contributed by atoms with van der Waals surface area (Å²) >= 11 is 0. The quantitative estimate of drug-likeness (QED) is 0.464. The molecular formula is C16H13N3O4. The number of benzene rings is 2. The SMILES string of the molecule is N#CCN(C(=O)COc1ccc([N+](=O)[O-])cc1)c1ccccc1.